The smallest absolute Gasteiger partial charge is 0.259 e. The van der Waals surface area contributed by atoms with E-state index in [1.807, 2.05) is 31.2 Å². The van der Waals surface area contributed by atoms with E-state index in [2.05, 4.69) is 15.5 Å². The molecule has 0 aliphatic heterocycles. The van der Waals surface area contributed by atoms with Crippen LogP contribution in [0.5, 0.6) is 0 Å². The first kappa shape index (κ1) is 15.0. The largest absolute Gasteiger partial charge is 0.466 e. The van der Waals surface area contributed by atoms with Crippen molar-refractivity contribution in [3.05, 3.63) is 64.7 Å². The van der Waals surface area contributed by atoms with Gasteiger partial charge >= 0.3 is 0 Å². The molecule has 2 heterocycles. The number of hydrogen-bond acceptors (Lipinski definition) is 5. The summed E-state index contributed by atoms with van der Waals surface area (Å²) in [6, 6.07) is 9.27. The number of para-hydroxylation sites is 1. The molecule has 1 amide bonds. The summed E-state index contributed by atoms with van der Waals surface area (Å²) >= 11 is 0. The molecular formula is C17H17N3O3. The summed E-state index contributed by atoms with van der Waals surface area (Å²) in [5.41, 5.74) is 2.15. The summed E-state index contributed by atoms with van der Waals surface area (Å²) < 4.78 is 10.6. The maximum Gasteiger partial charge on any atom is 0.259 e. The van der Waals surface area contributed by atoms with Crippen molar-refractivity contribution < 1.29 is 13.7 Å². The Morgan fingerprint density at radius 2 is 2.00 bits per heavy atom. The van der Waals surface area contributed by atoms with Crippen LogP contribution in [-0.2, 0) is 6.42 Å². The van der Waals surface area contributed by atoms with Crippen molar-refractivity contribution in [1.29, 1.82) is 0 Å². The quantitative estimate of drug-likeness (QED) is 0.798. The number of aromatic nitrogens is 2. The third kappa shape index (κ3) is 3.31. The number of carbonyl (C=O) groups excluding carboxylic acids is 1. The monoisotopic (exact) mass is 311 g/mol. The van der Waals surface area contributed by atoms with Crippen LogP contribution in [-0.4, -0.2) is 16.0 Å². The Labute approximate surface area is 133 Å². The molecule has 0 aliphatic rings. The molecule has 0 atom stereocenters. The molecule has 0 saturated heterocycles. The molecule has 23 heavy (non-hydrogen) atoms. The highest BCUT2D eigenvalue weighted by Gasteiger charge is 2.16. The van der Waals surface area contributed by atoms with Gasteiger partial charge in [-0.1, -0.05) is 23.4 Å². The predicted octanol–water partition coefficient (Wildman–Crippen LogP) is 3.43. The Balaban J connectivity index is 1.83. The third-order valence-corrected chi connectivity index (χ3v) is 3.46. The standard InChI is InChI=1S/C17H17N3O3/c1-10-8-14(11(2)22-10)17(21)19-15-7-5-4-6-13(15)9-16-18-12(3)20-23-16/h4-8H,9H2,1-3H3,(H,19,21). The molecule has 2 aromatic heterocycles. The van der Waals surface area contributed by atoms with Gasteiger partial charge in [0.05, 0.1) is 12.0 Å². The molecule has 0 bridgehead atoms. The van der Waals surface area contributed by atoms with Crippen LogP contribution in [0.2, 0.25) is 0 Å². The lowest BCUT2D eigenvalue weighted by Gasteiger charge is -2.09. The van der Waals surface area contributed by atoms with Crippen LogP contribution >= 0.6 is 0 Å². The fourth-order valence-electron chi connectivity index (χ4n) is 2.42. The fourth-order valence-corrected chi connectivity index (χ4v) is 2.42. The molecule has 1 N–H and O–H groups in total. The van der Waals surface area contributed by atoms with Gasteiger partial charge in [-0.05, 0) is 38.5 Å². The van der Waals surface area contributed by atoms with E-state index in [-0.39, 0.29) is 5.91 Å². The van der Waals surface area contributed by atoms with Crippen LogP contribution in [0.3, 0.4) is 0 Å². The number of amides is 1. The maximum atomic E-state index is 12.4. The third-order valence-electron chi connectivity index (χ3n) is 3.46. The van der Waals surface area contributed by atoms with Crippen LogP contribution in [0.15, 0.2) is 39.3 Å². The Kier molecular flexibility index (Phi) is 3.97. The Hall–Kier alpha value is -2.89. The van der Waals surface area contributed by atoms with Gasteiger partial charge in [0.25, 0.3) is 5.91 Å². The highest BCUT2D eigenvalue weighted by Crippen LogP contribution is 2.21. The van der Waals surface area contributed by atoms with Crippen molar-refractivity contribution in [2.24, 2.45) is 0 Å². The lowest BCUT2D eigenvalue weighted by Crippen LogP contribution is -2.13. The number of aryl methyl sites for hydroxylation is 3. The summed E-state index contributed by atoms with van der Waals surface area (Å²) in [4.78, 5) is 16.6. The topological polar surface area (TPSA) is 81.2 Å². The molecule has 0 saturated carbocycles. The van der Waals surface area contributed by atoms with Crippen molar-refractivity contribution in [3.63, 3.8) is 0 Å². The molecular weight excluding hydrogens is 294 g/mol. The zero-order valence-corrected chi connectivity index (χ0v) is 13.2. The van der Waals surface area contributed by atoms with Gasteiger partial charge in [-0.15, -0.1) is 0 Å². The van der Waals surface area contributed by atoms with Gasteiger partial charge in [0.1, 0.15) is 11.5 Å². The van der Waals surface area contributed by atoms with Gasteiger partial charge in [-0.25, -0.2) is 0 Å². The van der Waals surface area contributed by atoms with Crippen molar-refractivity contribution in [2.45, 2.75) is 27.2 Å². The second-order valence-electron chi connectivity index (χ2n) is 5.35. The molecule has 118 valence electrons. The van der Waals surface area contributed by atoms with Crippen molar-refractivity contribution in [1.82, 2.24) is 10.1 Å². The zero-order chi connectivity index (χ0) is 16.4. The minimum absolute atomic E-state index is 0.200. The van der Waals surface area contributed by atoms with Crippen LogP contribution < -0.4 is 5.32 Å². The minimum atomic E-state index is -0.200. The second kappa shape index (κ2) is 6.08. The number of nitrogens with zero attached hydrogens (tertiary/aromatic N) is 2. The fraction of sp³-hybridized carbons (Fsp3) is 0.235. The van der Waals surface area contributed by atoms with E-state index in [0.29, 0.717) is 40.9 Å². The first-order valence-electron chi connectivity index (χ1n) is 7.28. The number of benzene rings is 1. The number of anilines is 1. The number of carbonyl (C=O) groups is 1. The molecule has 0 fully saturated rings. The number of furan rings is 1. The lowest BCUT2D eigenvalue weighted by atomic mass is 10.1. The lowest BCUT2D eigenvalue weighted by molar-refractivity contribution is 0.102. The summed E-state index contributed by atoms with van der Waals surface area (Å²) in [5.74, 6) is 2.21. The first-order chi connectivity index (χ1) is 11.0. The highest BCUT2D eigenvalue weighted by atomic mass is 16.5. The van der Waals surface area contributed by atoms with Gasteiger partial charge < -0.3 is 14.3 Å². The summed E-state index contributed by atoms with van der Waals surface area (Å²) in [5, 5.41) is 6.70. The molecule has 0 radical (unpaired) electrons. The summed E-state index contributed by atoms with van der Waals surface area (Å²) in [6.07, 6.45) is 0.459. The Morgan fingerprint density at radius 1 is 1.22 bits per heavy atom. The number of hydrogen-bond donors (Lipinski definition) is 1. The van der Waals surface area contributed by atoms with Crippen LogP contribution in [0.25, 0.3) is 0 Å². The number of nitrogens with one attached hydrogen (secondary N) is 1. The summed E-state index contributed by atoms with van der Waals surface area (Å²) in [7, 11) is 0. The van der Waals surface area contributed by atoms with Crippen LogP contribution in [0.4, 0.5) is 5.69 Å². The van der Waals surface area contributed by atoms with Crippen molar-refractivity contribution >= 4 is 11.6 Å². The molecule has 3 rings (SSSR count). The Morgan fingerprint density at radius 3 is 2.65 bits per heavy atom. The molecule has 0 aliphatic carbocycles. The van der Waals surface area contributed by atoms with E-state index in [1.54, 1.807) is 19.9 Å². The molecule has 0 unspecified atom stereocenters. The van der Waals surface area contributed by atoms with E-state index in [0.717, 1.165) is 5.56 Å². The minimum Gasteiger partial charge on any atom is -0.466 e. The van der Waals surface area contributed by atoms with Crippen molar-refractivity contribution in [3.8, 4) is 0 Å². The molecule has 6 heteroatoms. The van der Waals surface area contributed by atoms with Gasteiger partial charge in [0.15, 0.2) is 5.82 Å². The van der Waals surface area contributed by atoms with E-state index in [4.69, 9.17) is 8.94 Å². The van der Waals surface area contributed by atoms with Gasteiger partial charge in [0, 0.05) is 5.69 Å². The SMILES string of the molecule is Cc1noc(Cc2ccccc2NC(=O)c2cc(C)oc2C)n1. The Bertz CT molecular complexity index is 848. The maximum absolute atomic E-state index is 12.4. The molecule has 3 aromatic rings. The molecule has 6 nitrogen and oxygen atoms in total. The zero-order valence-electron chi connectivity index (χ0n) is 13.2. The highest BCUT2D eigenvalue weighted by molar-refractivity contribution is 6.05. The normalized spacial score (nSPS) is 10.7. The van der Waals surface area contributed by atoms with E-state index in [9.17, 15) is 4.79 Å². The summed E-state index contributed by atoms with van der Waals surface area (Å²) in [6.45, 7) is 5.36. The van der Waals surface area contributed by atoms with E-state index >= 15 is 0 Å². The number of rotatable bonds is 4. The predicted molar refractivity (Wildman–Crippen MR) is 84.4 cm³/mol. The molecule has 0 spiro atoms. The average molecular weight is 311 g/mol. The second-order valence-corrected chi connectivity index (χ2v) is 5.35. The van der Waals surface area contributed by atoms with Crippen molar-refractivity contribution in [2.75, 3.05) is 5.32 Å². The van der Waals surface area contributed by atoms with Gasteiger partial charge in [0.2, 0.25) is 5.89 Å². The average Bonchev–Trinajstić information content (AvgIpc) is 3.06. The van der Waals surface area contributed by atoms with Crippen LogP contribution in [0, 0.1) is 20.8 Å². The van der Waals surface area contributed by atoms with E-state index in [1.165, 1.54) is 0 Å². The van der Waals surface area contributed by atoms with Gasteiger partial charge in [-0.3, -0.25) is 4.79 Å². The van der Waals surface area contributed by atoms with E-state index < -0.39 is 0 Å². The van der Waals surface area contributed by atoms with Gasteiger partial charge in [-0.2, -0.15) is 4.98 Å². The van der Waals surface area contributed by atoms with Crippen LogP contribution in [0.1, 0.15) is 39.2 Å². The molecule has 1 aromatic carbocycles. The first-order valence-corrected chi connectivity index (χ1v) is 7.28.